The first kappa shape index (κ1) is 22.4. The smallest absolute Gasteiger partial charge is 0.127 e. The molecular weight excluding hydrogens is 424 g/mol. The van der Waals surface area contributed by atoms with E-state index in [1.165, 1.54) is 33.0 Å². The fraction of sp³-hybridized carbons (Fsp3) is 0.0588. The topological polar surface area (TPSA) is 9.23 Å². The third-order valence-electron chi connectivity index (χ3n) is 6.42. The van der Waals surface area contributed by atoms with Crippen LogP contribution in [0.3, 0.4) is 0 Å². The molecule has 0 bridgehead atoms. The fourth-order valence-electron chi connectivity index (χ4n) is 4.69. The van der Waals surface area contributed by atoms with Crippen molar-refractivity contribution >= 4 is 16.3 Å². The van der Waals surface area contributed by atoms with Crippen LogP contribution in [0.4, 0.5) is 0 Å². The van der Waals surface area contributed by atoms with Gasteiger partial charge in [-0.15, -0.1) is 0 Å². The van der Waals surface area contributed by atoms with E-state index in [9.17, 15) is 0 Å². The number of methoxy groups -OCH3 is 1. The maximum absolute atomic E-state index is 5.93. The van der Waals surface area contributed by atoms with Gasteiger partial charge in [0.25, 0.3) is 0 Å². The second kappa shape index (κ2) is 9.87. The zero-order valence-corrected chi connectivity index (χ0v) is 20.2. The largest absolute Gasteiger partial charge is 0.496 e. The third kappa shape index (κ3) is 4.41. The highest BCUT2D eigenvalue weighted by Crippen LogP contribution is 2.42. The Kier molecular flexibility index (Phi) is 6.32. The van der Waals surface area contributed by atoms with Crippen LogP contribution < -0.4 is 4.74 Å². The summed E-state index contributed by atoms with van der Waals surface area (Å²) < 4.78 is 5.93. The van der Waals surface area contributed by atoms with E-state index in [0.29, 0.717) is 0 Å². The van der Waals surface area contributed by atoms with E-state index in [4.69, 9.17) is 4.74 Å². The Morgan fingerprint density at radius 1 is 0.657 bits per heavy atom. The number of hydrogen-bond donors (Lipinski definition) is 0. The van der Waals surface area contributed by atoms with Crippen LogP contribution in [0, 0.1) is 0 Å². The van der Waals surface area contributed by atoms with Crippen LogP contribution in [0.5, 0.6) is 5.75 Å². The molecule has 0 heterocycles. The van der Waals surface area contributed by atoms with E-state index in [2.05, 4.69) is 110 Å². The molecular formula is C34H28O. The highest BCUT2D eigenvalue weighted by atomic mass is 16.5. The standard InChI is InChI=1S/C34H28O/c1-4-11-24(2)28-14-10-15-29(22-28)25-18-20-27(21-19-25)34-31-17-9-8-16-30(31)32(23-33(34)35-3)26-12-6-5-7-13-26/h4-23H,2H2,1,3H3/b11-4-. The third-order valence-corrected chi connectivity index (χ3v) is 6.42. The second-order valence-corrected chi connectivity index (χ2v) is 8.60. The molecule has 0 atom stereocenters. The van der Waals surface area contributed by atoms with Crippen molar-refractivity contribution in [2.45, 2.75) is 6.92 Å². The first-order valence-electron chi connectivity index (χ1n) is 11.9. The Balaban J connectivity index is 1.61. The zero-order valence-electron chi connectivity index (χ0n) is 20.2. The molecule has 1 heteroatoms. The van der Waals surface area contributed by atoms with Crippen LogP contribution in [0.25, 0.3) is 49.7 Å². The summed E-state index contributed by atoms with van der Waals surface area (Å²) in [6.45, 7) is 6.19. The van der Waals surface area contributed by atoms with Gasteiger partial charge < -0.3 is 4.74 Å². The quantitative estimate of drug-likeness (QED) is 0.233. The van der Waals surface area contributed by atoms with Gasteiger partial charge in [0, 0.05) is 5.56 Å². The number of benzene rings is 5. The summed E-state index contributed by atoms with van der Waals surface area (Å²) >= 11 is 0. The van der Waals surface area contributed by atoms with Crippen molar-refractivity contribution in [2.75, 3.05) is 7.11 Å². The van der Waals surface area contributed by atoms with Gasteiger partial charge in [-0.3, -0.25) is 0 Å². The van der Waals surface area contributed by atoms with Crippen LogP contribution in [-0.2, 0) is 0 Å². The SMILES string of the molecule is C=C(/C=C\C)c1cccc(-c2ccc(-c3c(OC)cc(-c4ccccc4)c4ccccc34)cc2)c1. The molecule has 0 amide bonds. The highest BCUT2D eigenvalue weighted by Gasteiger charge is 2.15. The van der Waals surface area contributed by atoms with Crippen LogP contribution in [0.15, 0.2) is 128 Å². The summed E-state index contributed by atoms with van der Waals surface area (Å²) in [6.07, 6.45) is 4.06. The normalized spacial score (nSPS) is 11.1. The highest BCUT2D eigenvalue weighted by molar-refractivity contribution is 6.07. The van der Waals surface area contributed by atoms with Gasteiger partial charge in [-0.25, -0.2) is 0 Å². The van der Waals surface area contributed by atoms with Crippen LogP contribution in [-0.4, -0.2) is 7.11 Å². The van der Waals surface area contributed by atoms with Gasteiger partial charge in [0.05, 0.1) is 7.11 Å². The average molecular weight is 453 g/mol. The lowest BCUT2D eigenvalue weighted by atomic mass is 9.90. The molecule has 5 rings (SSSR count). The van der Waals surface area contributed by atoms with Gasteiger partial charge in [0.15, 0.2) is 0 Å². The van der Waals surface area contributed by atoms with Crippen molar-refractivity contribution < 1.29 is 4.74 Å². The predicted molar refractivity (Wildman–Crippen MR) is 151 cm³/mol. The Labute approximate surface area is 207 Å². The molecule has 35 heavy (non-hydrogen) atoms. The first-order valence-corrected chi connectivity index (χ1v) is 11.9. The van der Waals surface area contributed by atoms with E-state index in [-0.39, 0.29) is 0 Å². The maximum atomic E-state index is 5.93. The Morgan fingerprint density at radius 3 is 2.03 bits per heavy atom. The Hall–Kier alpha value is -4.36. The van der Waals surface area contributed by atoms with Crippen molar-refractivity contribution in [1.82, 2.24) is 0 Å². The minimum Gasteiger partial charge on any atom is -0.496 e. The van der Waals surface area contributed by atoms with E-state index in [1.54, 1.807) is 7.11 Å². The lowest BCUT2D eigenvalue weighted by Crippen LogP contribution is -1.93. The molecule has 0 aliphatic rings. The molecule has 5 aromatic rings. The minimum absolute atomic E-state index is 0.875. The molecule has 0 N–H and O–H groups in total. The monoisotopic (exact) mass is 452 g/mol. The van der Waals surface area contributed by atoms with E-state index in [1.807, 2.05) is 25.1 Å². The Morgan fingerprint density at radius 2 is 1.31 bits per heavy atom. The summed E-state index contributed by atoms with van der Waals surface area (Å²) in [6, 6.07) is 38.5. The fourth-order valence-corrected chi connectivity index (χ4v) is 4.69. The molecule has 0 spiro atoms. The molecule has 0 fully saturated rings. The minimum atomic E-state index is 0.875. The molecule has 0 aromatic heterocycles. The number of rotatable bonds is 6. The van der Waals surface area contributed by atoms with Gasteiger partial charge in [-0.1, -0.05) is 116 Å². The maximum Gasteiger partial charge on any atom is 0.127 e. The average Bonchev–Trinajstić information content (AvgIpc) is 2.93. The van der Waals surface area contributed by atoms with Gasteiger partial charge in [-0.2, -0.15) is 0 Å². The molecule has 170 valence electrons. The van der Waals surface area contributed by atoms with Gasteiger partial charge in [-0.05, 0) is 68.8 Å². The summed E-state index contributed by atoms with van der Waals surface area (Å²) in [5.41, 5.74) is 9.11. The molecule has 0 saturated carbocycles. The van der Waals surface area contributed by atoms with Crippen LogP contribution >= 0.6 is 0 Å². The summed E-state index contributed by atoms with van der Waals surface area (Å²) in [4.78, 5) is 0. The number of hydrogen-bond acceptors (Lipinski definition) is 1. The number of allylic oxidation sites excluding steroid dienone is 3. The summed E-state index contributed by atoms with van der Waals surface area (Å²) in [7, 11) is 1.75. The summed E-state index contributed by atoms with van der Waals surface area (Å²) in [5.74, 6) is 0.875. The predicted octanol–water partition coefficient (Wildman–Crippen LogP) is 9.44. The van der Waals surface area contributed by atoms with Gasteiger partial charge in [0.1, 0.15) is 5.75 Å². The molecule has 0 aliphatic heterocycles. The van der Waals surface area contributed by atoms with E-state index < -0.39 is 0 Å². The van der Waals surface area contributed by atoms with E-state index >= 15 is 0 Å². The molecule has 0 radical (unpaired) electrons. The molecule has 0 unspecified atom stereocenters. The molecule has 1 nitrogen and oxygen atoms in total. The molecule has 0 saturated heterocycles. The van der Waals surface area contributed by atoms with Gasteiger partial charge in [0.2, 0.25) is 0 Å². The summed E-state index contributed by atoms with van der Waals surface area (Å²) in [5, 5.41) is 2.40. The molecule has 0 aliphatic carbocycles. The van der Waals surface area contributed by atoms with Crippen molar-refractivity contribution in [1.29, 1.82) is 0 Å². The Bertz CT molecular complexity index is 1520. The van der Waals surface area contributed by atoms with Crippen molar-refractivity contribution in [2.24, 2.45) is 0 Å². The van der Waals surface area contributed by atoms with Crippen molar-refractivity contribution in [3.05, 3.63) is 133 Å². The lowest BCUT2D eigenvalue weighted by molar-refractivity contribution is 0.417. The molecule has 5 aromatic carbocycles. The second-order valence-electron chi connectivity index (χ2n) is 8.60. The first-order chi connectivity index (χ1) is 17.2. The van der Waals surface area contributed by atoms with Crippen LogP contribution in [0.1, 0.15) is 12.5 Å². The van der Waals surface area contributed by atoms with Gasteiger partial charge >= 0.3 is 0 Å². The van der Waals surface area contributed by atoms with E-state index in [0.717, 1.165) is 28.0 Å². The van der Waals surface area contributed by atoms with Crippen molar-refractivity contribution in [3.8, 4) is 39.1 Å². The lowest BCUT2D eigenvalue weighted by Gasteiger charge is -2.17. The van der Waals surface area contributed by atoms with Crippen LogP contribution in [0.2, 0.25) is 0 Å². The number of ether oxygens (including phenoxy) is 1. The number of fused-ring (bicyclic) bond motifs is 1. The van der Waals surface area contributed by atoms with Crippen molar-refractivity contribution in [3.63, 3.8) is 0 Å². The zero-order chi connectivity index (χ0) is 24.2.